The van der Waals surface area contributed by atoms with E-state index in [0.29, 0.717) is 12.3 Å². The smallest absolute Gasteiger partial charge is 0.217 e. The minimum Gasteiger partial charge on any atom is -0.381 e. The van der Waals surface area contributed by atoms with Crippen LogP contribution in [0.5, 0.6) is 0 Å². The van der Waals surface area contributed by atoms with Crippen LogP contribution in [-0.2, 0) is 19.0 Å². The number of ether oxygens (including phenoxy) is 3. The van der Waals surface area contributed by atoms with Gasteiger partial charge in [-0.2, -0.15) is 0 Å². The molecule has 1 aliphatic rings. The van der Waals surface area contributed by atoms with Crippen LogP contribution < -0.4 is 0 Å². The molecule has 0 amide bonds. The number of methoxy groups -OCH3 is 2. The van der Waals surface area contributed by atoms with Gasteiger partial charge in [-0.1, -0.05) is 0 Å². The minimum absolute atomic E-state index is 0.0295. The molecule has 14 heavy (non-hydrogen) atoms. The van der Waals surface area contributed by atoms with E-state index in [1.54, 1.807) is 0 Å². The highest BCUT2D eigenvalue weighted by Crippen LogP contribution is 2.19. The molecule has 1 saturated heterocycles. The van der Waals surface area contributed by atoms with E-state index >= 15 is 0 Å². The first kappa shape index (κ1) is 11.6. The van der Waals surface area contributed by atoms with Crippen LogP contribution in [0, 0.1) is 5.92 Å². The highest BCUT2D eigenvalue weighted by molar-refractivity contribution is 5.82. The van der Waals surface area contributed by atoms with Gasteiger partial charge in [0.25, 0.3) is 0 Å². The van der Waals surface area contributed by atoms with E-state index in [-0.39, 0.29) is 5.78 Å². The molecule has 1 rings (SSSR count). The van der Waals surface area contributed by atoms with Gasteiger partial charge in [-0.3, -0.25) is 4.79 Å². The highest BCUT2D eigenvalue weighted by Gasteiger charge is 2.23. The Morgan fingerprint density at radius 3 is 2.43 bits per heavy atom. The highest BCUT2D eigenvalue weighted by atomic mass is 16.7. The van der Waals surface area contributed by atoms with Gasteiger partial charge in [-0.15, -0.1) is 0 Å². The summed E-state index contributed by atoms with van der Waals surface area (Å²) in [5.74, 6) is 0.464. The average Bonchev–Trinajstić information content (AvgIpc) is 2.21. The Labute approximate surface area is 84.5 Å². The summed E-state index contributed by atoms with van der Waals surface area (Å²) in [6, 6.07) is 0. The second kappa shape index (κ2) is 6.11. The Bertz CT molecular complexity index is 171. The van der Waals surface area contributed by atoms with Crippen molar-refractivity contribution < 1.29 is 19.0 Å². The fourth-order valence-electron chi connectivity index (χ4n) is 1.69. The molecule has 4 heteroatoms. The number of hydrogen-bond acceptors (Lipinski definition) is 4. The lowest BCUT2D eigenvalue weighted by Gasteiger charge is -2.22. The van der Waals surface area contributed by atoms with Crippen LogP contribution in [0.25, 0.3) is 0 Å². The van der Waals surface area contributed by atoms with Gasteiger partial charge in [-0.25, -0.2) is 0 Å². The molecule has 0 spiro atoms. The largest absolute Gasteiger partial charge is 0.381 e. The van der Waals surface area contributed by atoms with E-state index < -0.39 is 6.29 Å². The summed E-state index contributed by atoms with van der Waals surface area (Å²) in [4.78, 5) is 11.6. The van der Waals surface area contributed by atoms with E-state index in [1.165, 1.54) is 14.2 Å². The Kier molecular flexibility index (Phi) is 5.07. The van der Waals surface area contributed by atoms with E-state index in [0.717, 1.165) is 26.1 Å². The summed E-state index contributed by atoms with van der Waals surface area (Å²) in [5.41, 5.74) is 0. The first-order valence-corrected chi connectivity index (χ1v) is 4.94. The second-order valence-corrected chi connectivity index (χ2v) is 3.53. The van der Waals surface area contributed by atoms with Gasteiger partial charge >= 0.3 is 0 Å². The topological polar surface area (TPSA) is 44.8 Å². The van der Waals surface area contributed by atoms with Crippen molar-refractivity contribution in [1.82, 2.24) is 0 Å². The van der Waals surface area contributed by atoms with Gasteiger partial charge in [0, 0.05) is 33.9 Å². The number of Topliss-reactive ketones (excluding diaryl/α,β-unsaturated/α-hetero) is 1. The summed E-state index contributed by atoms with van der Waals surface area (Å²) in [6.07, 6.45) is 1.77. The number of rotatable bonds is 5. The molecule has 1 fully saturated rings. The molecule has 0 aromatic rings. The number of carbonyl (C=O) groups excluding carboxylic acids is 1. The van der Waals surface area contributed by atoms with Crippen LogP contribution in [0.2, 0.25) is 0 Å². The number of carbonyl (C=O) groups is 1. The molecule has 0 saturated carbocycles. The molecule has 82 valence electrons. The lowest BCUT2D eigenvalue weighted by atomic mass is 9.94. The maximum absolute atomic E-state index is 11.6. The molecule has 0 atom stereocenters. The maximum atomic E-state index is 11.6. The summed E-state index contributed by atoms with van der Waals surface area (Å²) in [6.45, 7) is 1.53. The minimum atomic E-state index is -0.696. The Balaban J connectivity index is 2.30. The zero-order valence-electron chi connectivity index (χ0n) is 8.82. The van der Waals surface area contributed by atoms with Gasteiger partial charge in [-0.05, 0) is 18.8 Å². The van der Waals surface area contributed by atoms with Crippen LogP contribution in [0.3, 0.4) is 0 Å². The van der Waals surface area contributed by atoms with Crippen LogP contribution in [0.1, 0.15) is 19.3 Å². The van der Waals surface area contributed by atoms with Gasteiger partial charge < -0.3 is 14.2 Å². The van der Waals surface area contributed by atoms with Gasteiger partial charge in [0.05, 0.1) is 0 Å². The molecule has 0 aromatic heterocycles. The number of hydrogen-bond donors (Lipinski definition) is 0. The first-order chi connectivity index (χ1) is 6.77. The summed E-state index contributed by atoms with van der Waals surface area (Å²) >= 11 is 0. The van der Waals surface area contributed by atoms with Crippen LogP contribution in [0.4, 0.5) is 0 Å². The zero-order valence-corrected chi connectivity index (χ0v) is 8.82. The summed E-state index contributed by atoms with van der Waals surface area (Å²) in [5, 5.41) is 0. The SMILES string of the molecule is COC(OC)C(=O)CC1CCOCC1. The maximum Gasteiger partial charge on any atom is 0.217 e. The van der Waals surface area contributed by atoms with E-state index in [1.807, 2.05) is 0 Å². The fourth-order valence-corrected chi connectivity index (χ4v) is 1.69. The molecule has 1 aliphatic heterocycles. The van der Waals surface area contributed by atoms with Gasteiger partial charge in [0.2, 0.25) is 6.29 Å². The quantitative estimate of drug-likeness (QED) is 0.624. The van der Waals surface area contributed by atoms with Crippen molar-refractivity contribution in [3.8, 4) is 0 Å². The van der Waals surface area contributed by atoms with Crippen molar-refractivity contribution in [2.24, 2.45) is 5.92 Å². The third-order valence-corrected chi connectivity index (χ3v) is 2.52. The molecular weight excluding hydrogens is 184 g/mol. The van der Waals surface area contributed by atoms with Crippen molar-refractivity contribution in [3.63, 3.8) is 0 Å². The van der Waals surface area contributed by atoms with E-state index in [9.17, 15) is 4.79 Å². The molecule has 4 nitrogen and oxygen atoms in total. The predicted octanol–water partition coefficient (Wildman–Crippen LogP) is 0.991. The lowest BCUT2D eigenvalue weighted by Crippen LogP contribution is -2.28. The summed E-state index contributed by atoms with van der Waals surface area (Å²) in [7, 11) is 2.96. The number of ketones is 1. The van der Waals surface area contributed by atoms with Crippen LogP contribution in [0.15, 0.2) is 0 Å². The molecular formula is C10H18O4. The Hall–Kier alpha value is -0.450. The molecule has 0 aliphatic carbocycles. The van der Waals surface area contributed by atoms with Gasteiger partial charge in [0.1, 0.15) is 0 Å². The van der Waals surface area contributed by atoms with Crippen LogP contribution >= 0.6 is 0 Å². The van der Waals surface area contributed by atoms with E-state index in [4.69, 9.17) is 14.2 Å². The second-order valence-electron chi connectivity index (χ2n) is 3.53. The standard InChI is InChI=1S/C10H18O4/c1-12-10(13-2)9(11)7-8-3-5-14-6-4-8/h8,10H,3-7H2,1-2H3. The van der Waals surface area contributed by atoms with Crippen molar-refractivity contribution in [1.29, 1.82) is 0 Å². The van der Waals surface area contributed by atoms with Crippen molar-refractivity contribution in [2.45, 2.75) is 25.6 Å². The molecule has 0 N–H and O–H groups in total. The normalized spacial score (nSPS) is 18.8. The monoisotopic (exact) mass is 202 g/mol. The third kappa shape index (κ3) is 3.36. The Morgan fingerprint density at radius 1 is 1.36 bits per heavy atom. The van der Waals surface area contributed by atoms with Gasteiger partial charge in [0.15, 0.2) is 5.78 Å². The lowest BCUT2D eigenvalue weighted by molar-refractivity contribution is -0.158. The first-order valence-electron chi connectivity index (χ1n) is 4.94. The van der Waals surface area contributed by atoms with Crippen LogP contribution in [-0.4, -0.2) is 39.5 Å². The molecule has 0 aromatic carbocycles. The zero-order chi connectivity index (χ0) is 10.4. The predicted molar refractivity (Wildman–Crippen MR) is 51.0 cm³/mol. The van der Waals surface area contributed by atoms with Crippen molar-refractivity contribution >= 4 is 5.78 Å². The van der Waals surface area contributed by atoms with Crippen molar-refractivity contribution in [2.75, 3.05) is 27.4 Å². The summed E-state index contributed by atoms with van der Waals surface area (Å²) < 4.78 is 15.0. The molecule has 0 radical (unpaired) electrons. The van der Waals surface area contributed by atoms with E-state index in [2.05, 4.69) is 0 Å². The molecule has 0 unspecified atom stereocenters. The Morgan fingerprint density at radius 2 is 1.93 bits per heavy atom. The third-order valence-electron chi connectivity index (χ3n) is 2.52. The molecule has 0 bridgehead atoms. The average molecular weight is 202 g/mol. The molecule has 1 heterocycles. The van der Waals surface area contributed by atoms with Crippen molar-refractivity contribution in [3.05, 3.63) is 0 Å². The fraction of sp³-hybridized carbons (Fsp3) is 0.900.